The van der Waals surface area contributed by atoms with Gasteiger partial charge in [0.15, 0.2) is 24.6 Å². The van der Waals surface area contributed by atoms with Crippen molar-refractivity contribution in [1.82, 2.24) is 0 Å². The zero-order valence-corrected chi connectivity index (χ0v) is 51.5. The van der Waals surface area contributed by atoms with E-state index in [1.54, 1.807) is 0 Å². The fourth-order valence-electron chi connectivity index (χ4n) is 9.74. The van der Waals surface area contributed by atoms with Gasteiger partial charge in [-0.05, 0) is 89.9 Å². The van der Waals surface area contributed by atoms with Crippen molar-refractivity contribution in [2.24, 2.45) is 0 Å². The number of aliphatic carboxylic acids is 1. The lowest BCUT2D eigenvalue weighted by atomic mass is 9.98. The Kier molecular flexibility index (Phi) is 52.6. The molecule has 0 spiro atoms. The van der Waals surface area contributed by atoms with Crippen LogP contribution in [0.25, 0.3) is 0 Å². The van der Waals surface area contributed by atoms with E-state index >= 15 is 0 Å². The van der Waals surface area contributed by atoms with Crippen LogP contribution >= 0.6 is 0 Å². The lowest BCUT2D eigenvalue weighted by molar-refractivity contribution is -0.301. The van der Waals surface area contributed by atoms with Gasteiger partial charge >= 0.3 is 23.9 Å². The molecule has 466 valence electrons. The molecule has 1 aliphatic rings. The van der Waals surface area contributed by atoms with Crippen molar-refractivity contribution in [3.05, 3.63) is 72.9 Å². The van der Waals surface area contributed by atoms with Crippen LogP contribution in [0.5, 0.6) is 0 Å². The fourth-order valence-corrected chi connectivity index (χ4v) is 9.74. The summed E-state index contributed by atoms with van der Waals surface area (Å²) in [4.78, 5) is 51.3. The summed E-state index contributed by atoms with van der Waals surface area (Å²) in [5.41, 5.74) is 0. The van der Waals surface area contributed by atoms with Crippen LogP contribution in [0.4, 0.5) is 0 Å². The van der Waals surface area contributed by atoms with Gasteiger partial charge in [-0.2, -0.15) is 0 Å². The fraction of sp³-hybridized carbons (Fsp3) is 0.768. The minimum atomic E-state index is -1.91. The molecule has 6 atom stereocenters. The van der Waals surface area contributed by atoms with Gasteiger partial charge in [-0.15, -0.1) is 0 Å². The van der Waals surface area contributed by atoms with Crippen molar-refractivity contribution in [3.8, 4) is 0 Å². The van der Waals surface area contributed by atoms with E-state index in [1.165, 1.54) is 122 Å². The molecule has 0 amide bonds. The summed E-state index contributed by atoms with van der Waals surface area (Å²) < 4.78 is 28.5. The molecule has 0 aromatic heterocycles. The highest BCUT2D eigenvalue weighted by atomic mass is 16.7. The predicted molar refractivity (Wildman–Crippen MR) is 331 cm³/mol. The zero-order chi connectivity index (χ0) is 58.9. The van der Waals surface area contributed by atoms with Gasteiger partial charge in [-0.25, -0.2) is 4.79 Å². The van der Waals surface area contributed by atoms with Crippen LogP contribution in [0.3, 0.4) is 0 Å². The van der Waals surface area contributed by atoms with Crippen LogP contribution in [-0.2, 0) is 42.9 Å². The molecule has 0 aromatic carbocycles. The van der Waals surface area contributed by atoms with Crippen LogP contribution in [0, 0.1) is 0 Å². The Bertz CT molecular complexity index is 1680. The molecule has 1 heterocycles. The molecular formula is C69H118O12. The second-order valence-electron chi connectivity index (χ2n) is 22.4. The third kappa shape index (κ3) is 46.3. The Morgan fingerprint density at radius 3 is 1.21 bits per heavy atom. The van der Waals surface area contributed by atoms with Crippen LogP contribution in [0.2, 0.25) is 0 Å². The Morgan fingerprint density at radius 2 is 0.778 bits per heavy atom. The summed E-state index contributed by atoms with van der Waals surface area (Å²) in [6.45, 7) is 5.87. The first-order valence-corrected chi connectivity index (χ1v) is 32.9. The number of hydrogen-bond acceptors (Lipinski definition) is 11. The number of allylic oxidation sites excluding steroid dienone is 12. The standard InChI is InChI=1S/C69H118O12/c1-4-7-10-13-16-19-22-25-28-30-31-33-36-39-42-45-48-51-54-57-63(72)80-67-65(74)64(73)66(68(75)76)81-69(67)78-59-60(79-62(71)56-53-50-47-44-41-38-34-27-24-21-18-15-12-9-6-3)58-77-61(70)55-52-49-46-43-40-37-35-32-29-26-23-20-17-14-11-8-5-2/h8,11,16-17,19-20,25-26,28-29,35,37,60,64-67,69,73-74H,4-7,9-10,12-15,18,21-24,27,30-34,36,38-59H2,1-3H3,(H,75,76)/b11-8-,19-16-,20-17-,28-25-,29-26-,37-35-. The summed E-state index contributed by atoms with van der Waals surface area (Å²) in [5, 5.41) is 31.6. The van der Waals surface area contributed by atoms with E-state index in [2.05, 4.69) is 93.7 Å². The van der Waals surface area contributed by atoms with E-state index in [4.69, 9.17) is 23.7 Å². The van der Waals surface area contributed by atoms with Gasteiger partial charge in [0, 0.05) is 19.3 Å². The maximum absolute atomic E-state index is 13.2. The molecule has 0 aliphatic carbocycles. The lowest BCUT2D eigenvalue weighted by Gasteiger charge is -2.40. The number of aliphatic hydroxyl groups is 2. The van der Waals surface area contributed by atoms with Gasteiger partial charge in [0.05, 0.1) is 6.61 Å². The number of rotatable bonds is 56. The molecular weight excluding hydrogens is 1020 g/mol. The summed E-state index contributed by atoms with van der Waals surface area (Å²) >= 11 is 0. The van der Waals surface area contributed by atoms with Crippen molar-refractivity contribution in [2.45, 2.75) is 327 Å². The molecule has 0 aromatic rings. The van der Waals surface area contributed by atoms with Gasteiger partial charge < -0.3 is 39.0 Å². The molecule has 12 heteroatoms. The summed E-state index contributed by atoms with van der Waals surface area (Å²) in [6.07, 6.45) is 59.9. The summed E-state index contributed by atoms with van der Waals surface area (Å²) in [6, 6.07) is 0. The number of hydrogen-bond donors (Lipinski definition) is 3. The van der Waals surface area contributed by atoms with Gasteiger partial charge in [0.2, 0.25) is 0 Å². The van der Waals surface area contributed by atoms with E-state index in [0.717, 1.165) is 109 Å². The third-order valence-electron chi connectivity index (χ3n) is 14.8. The van der Waals surface area contributed by atoms with Crippen LogP contribution in [0.1, 0.15) is 290 Å². The van der Waals surface area contributed by atoms with Gasteiger partial charge in [0.1, 0.15) is 18.8 Å². The van der Waals surface area contributed by atoms with Crippen molar-refractivity contribution in [1.29, 1.82) is 0 Å². The highest BCUT2D eigenvalue weighted by Gasteiger charge is 2.50. The lowest BCUT2D eigenvalue weighted by Crippen LogP contribution is -2.61. The second kappa shape index (κ2) is 56.6. The molecule has 0 bridgehead atoms. The molecule has 0 saturated carbocycles. The first-order chi connectivity index (χ1) is 39.6. The second-order valence-corrected chi connectivity index (χ2v) is 22.4. The van der Waals surface area contributed by atoms with E-state index < -0.39 is 67.3 Å². The minimum absolute atomic E-state index is 0.0529. The van der Waals surface area contributed by atoms with Crippen LogP contribution in [-0.4, -0.2) is 89.2 Å². The number of esters is 3. The van der Waals surface area contributed by atoms with E-state index in [-0.39, 0.29) is 25.9 Å². The van der Waals surface area contributed by atoms with Gasteiger partial charge in [-0.3, -0.25) is 14.4 Å². The first kappa shape index (κ1) is 75.2. The largest absolute Gasteiger partial charge is 0.479 e. The highest BCUT2D eigenvalue weighted by molar-refractivity contribution is 5.74. The molecule has 1 rings (SSSR count). The molecule has 6 unspecified atom stereocenters. The number of carbonyl (C=O) groups excluding carboxylic acids is 3. The Labute approximate surface area is 493 Å². The molecule has 81 heavy (non-hydrogen) atoms. The normalized spacial score (nSPS) is 18.2. The summed E-state index contributed by atoms with van der Waals surface area (Å²) in [5.74, 6) is -3.14. The Balaban J connectivity index is 2.66. The molecule has 0 radical (unpaired) electrons. The first-order valence-electron chi connectivity index (χ1n) is 32.9. The molecule has 1 aliphatic heterocycles. The smallest absolute Gasteiger partial charge is 0.335 e. The Morgan fingerprint density at radius 1 is 0.420 bits per heavy atom. The quantitative estimate of drug-likeness (QED) is 0.0228. The van der Waals surface area contributed by atoms with E-state index in [9.17, 15) is 34.5 Å². The maximum Gasteiger partial charge on any atom is 0.335 e. The predicted octanol–water partition coefficient (Wildman–Crippen LogP) is 17.7. The number of carbonyl (C=O) groups is 4. The topological polar surface area (TPSA) is 175 Å². The number of unbranched alkanes of at least 4 members (excludes halogenated alkanes) is 30. The van der Waals surface area contributed by atoms with Crippen molar-refractivity contribution < 1.29 is 58.2 Å². The number of carboxylic acids is 1. The average Bonchev–Trinajstić information content (AvgIpc) is 3.53. The highest BCUT2D eigenvalue weighted by Crippen LogP contribution is 2.27. The van der Waals surface area contributed by atoms with E-state index in [0.29, 0.717) is 19.3 Å². The maximum atomic E-state index is 13.2. The number of carboxylic acid groups (broad SMARTS) is 1. The van der Waals surface area contributed by atoms with E-state index in [1.807, 2.05) is 0 Å². The molecule has 1 fully saturated rings. The minimum Gasteiger partial charge on any atom is -0.479 e. The van der Waals surface area contributed by atoms with Crippen molar-refractivity contribution in [2.75, 3.05) is 13.2 Å². The zero-order valence-electron chi connectivity index (χ0n) is 51.5. The summed E-state index contributed by atoms with van der Waals surface area (Å²) in [7, 11) is 0. The van der Waals surface area contributed by atoms with Crippen LogP contribution in [0.15, 0.2) is 72.9 Å². The molecule has 3 N–H and O–H groups in total. The SMILES string of the molecule is CC/C=C\C/C=C\C/C=C\C/C=C\CCCCCCC(=O)OCC(COC1OC(C(=O)O)C(O)C(O)C1OC(=O)CCCCCCCCCCC/C=C\C/C=C\CCCCC)OC(=O)CCCCCCCCCCCCCCCCC. The molecule has 12 nitrogen and oxygen atoms in total. The van der Waals surface area contributed by atoms with Crippen LogP contribution < -0.4 is 0 Å². The van der Waals surface area contributed by atoms with Gasteiger partial charge in [0.25, 0.3) is 0 Å². The van der Waals surface area contributed by atoms with Gasteiger partial charge in [-0.1, -0.05) is 254 Å². The molecule has 1 saturated heterocycles. The average molecular weight is 1140 g/mol. The number of aliphatic hydroxyl groups excluding tert-OH is 2. The van der Waals surface area contributed by atoms with Crippen molar-refractivity contribution in [3.63, 3.8) is 0 Å². The van der Waals surface area contributed by atoms with Crippen molar-refractivity contribution >= 4 is 23.9 Å². The number of ether oxygens (including phenoxy) is 5. The third-order valence-corrected chi connectivity index (χ3v) is 14.8. The monoisotopic (exact) mass is 1140 g/mol. The Hall–Kier alpha value is -3.84.